The molecule has 20 heavy (non-hydrogen) atoms. The number of benzene rings is 1. The lowest BCUT2D eigenvalue weighted by Crippen LogP contribution is -2.54. The van der Waals surface area contributed by atoms with Crippen LogP contribution < -0.4 is 4.90 Å². The van der Waals surface area contributed by atoms with E-state index in [4.69, 9.17) is 0 Å². The minimum Gasteiger partial charge on any atom is -0.365 e. The highest BCUT2D eigenvalue weighted by Crippen LogP contribution is 2.28. The molecule has 0 aliphatic carbocycles. The molecule has 2 aromatic rings. The molecular weight excluding hydrogens is 252 g/mol. The van der Waals surface area contributed by atoms with Gasteiger partial charge in [0.2, 0.25) is 5.91 Å². The summed E-state index contributed by atoms with van der Waals surface area (Å²) in [6.07, 6.45) is 1.97. The van der Waals surface area contributed by atoms with Gasteiger partial charge in [-0.25, -0.2) is 0 Å². The predicted octanol–water partition coefficient (Wildman–Crippen LogP) is 1.73. The van der Waals surface area contributed by atoms with Gasteiger partial charge in [0.1, 0.15) is 6.04 Å². The first-order chi connectivity index (χ1) is 9.70. The van der Waals surface area contributed by atoms with Gasteiger partial charge in [-0.15, -0.1) is 0 Å². The number of nitrogens with zero attached hydrogens (tertiary/aromatic N) is 3. The molecule has 1 N–H and O–H groups in total. The molecule has 1 atom stereocenters. The topological polar surface area (TPSA) is 63.1 Å². The number of piperazine rings is 1. The van der Waals surface area contributed by atoms with Crippen LogP contribution in [0.1, 0.15) is 6.92 Å². The molecule has 2 heterocycles. The van der Waals surface area contributed by atoms with Crippen LogP contribution in [0.3, 0.4) is 0 Å². The van der Waals surface area contributed by atoms with Crippen molar-refractivity contribution in [3.8, 4) is 6.07 Å². The summed E-state index contributed by atoms with van der Waals surface area (Å²) in [4.78, 5) is 18.6. The van der Waals surface area contributed by atoms with Crippen LogP contribution in [0.15, 0.2) is 30.5 Å². The Kier molecular flexibility index (Phi) is 3.07. The maximum absolute atomic E-state index is 11.5. The standard InChI is InChI=1S/C15H16N4O/c1-11(20)19-7-6-18(10-12(19)8-16)15-9-17-14-5-3-2-4-13(14)15/h2-5,9,12,17H,6-7,10H2,1H3. The number of nitrogens with one attached hydrogen (secondary N) is 1. The van der Waals surface area contributed by atoms with Gasteiger partial charge in [-0.1, -0.05) is 18.2 Å². The molecule has 3 rings (SSSR count). The minimum atomic E-state index is -0.380. The average molecular weight is 268 g/mol. The van der Waals surface area contributed by atoms with Crippen LogP contribution >= 0.6 is 0 Å². The molecule has 5 nitrogen and oxygen atoms in total. The Balaban J connectivity index is 1.89. The Hall–Kier alpha value is -2.48. The van der Waals surface area contributed by atoms with Gasteiger partial charge in [0.05, 0.1) is 18.3 Å². The van der Waals surface area contributed by atoms with Crippen LogP contribution in [0.5, 0.6) is 0 Å². The third kappa shape index (κ3) is 1.99. The first kappa shape index (κ1) is 12.5. The molecule has 0 spiro atoms. The van der Waals surface area contributed by atoms with Gasteiger partial charge in [-0.05, 0) is 6.07 Å². The number of aromatic amines is 1. The summed E-state index contributed by atoms with van der Waals surface area (Å²) in [7, 11) is 0. The number of carbonyl (C=O) groups is 1. The lowest BCUT2D eigenvalue weighted by Gasteiger charge is -2.38. The van der Waals surface area contributed by atoms with Crippen LogP contribution in [0.25, 0.3) is 10.9 Å². The van der Waals surface area contributed by atoms with Crippen LogP contribution in [-0.4, -0.2) is 41.5 Å². The number of nitriles is 1. The minimum absolute atomic E-state index is 0.0323. The Bertz CT molecular complexity index is 684. The second-order valence-corrected chi connectivity index (χ2v) is 5.02. The molecule has 1 aliphatic rings. The van der Waals surface area contributed by atoms with Gasteiger partial charge in [0.15, 0.2) is 0 Å². The number of amides is 1. The van der Waals surface area contributed by atoms with E-state index >= 15 is 0 Å². The van der Waals surface area contributed by atoms with Crippen molar-refractivity contribution in [3.63, 3.8) is 0 Å². The number of anilines is 1. The van der Waals surface area contributed by atoms with E-state index in [1.807, 2.05) is 24.4 Å². The summed E-state index contributed by atoms with van der Waals surface area (Å²) in [5.41, 5.74) is 2.19. The highest BCUT2D eigenvalue weighted by molar-refractivity contribution is 5.93. The monoisotopic (exact) mass is 268 g/mol. The van der Waals surface area contributed by atoms with Crippen molar-refractivity contribution in [2.45, 2.75) is 13.0 Å². The number of hydrogen-bond donors (Lipinski definition) is 1. The van der Waals surface area contributed by atoms with Crippen molar-refractivity contribution in [2.24, 2.45) is 0 Å². The second-order valence-electron chi connectivity index (χ2n) is 5.02. The van der Waals surface area contributed by atoms with Gasteiger partial charge in [0.25, 0.3) is 0 Å². The summed E-state index contributed by atoms with van der Waals surface area (Å²) in [5.74, 6) is -0.0323. The summed E-state index contributed by atoms with van der Waals surface area (Å²) < 4.78 is 0. The first-order valence-corrected chi connectivity index (χ1v) is 6.68. The molecule has 1 fully saturated rings. The molecule has 0 radical (unpaired) electrons. The van der Waals surface area contributed by atoms with E-state index in [0.29, 0.717) is 13.1 Å². The second kappa shape index (κ2) is 4.89. The van der Waals surface area contributed by atoms with Crippen molar-refractivity contribution >= 4 is 22.5 Å². The number of fused-ring (bicyclic) bond motifs is 1. The van der Waals surface area contributed by atoms with Crippen molar-refractivity contribution in [1.82, 2.24) is 9.88 Å². The van der Waals surface area contributed by atoms with E-state index in [1.165, 1.54) is 6.92 Å². The number of H-pyrrole nitrogens is 1. The molecular formula is C15H16N4O. The third-order valence-electron chi connectivity index (χ3n) is 3.84. The Morgan fingerprint density at radius 1 is 1.40 bits per heavy atom. The SMILES string of the molecule is CC(=O)N1CCN(c2c[nH]c3ccccc23)CC1C#N. The summed E-state index contributed by atoms with van der Waals surface area (Å²) in [6.45, 7) is 3.41. The van der Waals surface area contributed by atoms with Crippen LogP contribution in [0.2, 0.25) is 0 Å². The van der Waals surface area contributed by atoms with Crippen molar-refractivity contribution in [1.29, 1.82) is 5.26 Å². The van der Waals surface area contributed by atoms with Crippen molar-refractivity contribution < 1.29 is 4.79 Å². The molecule has 1 amide bonds. The van der Waals surface area contributed by atoms with Crippen LogP contribution in [-0.2, 0) is 4.79 Å². The van der Waals surface area contributed by atoms with E-state index in [9.17, 15) is 10.1 Å². The summed E-state index contributed by atoms with van der Waals surface area (Å²) in [5, 5.41) is 10.4. The highest BCUT2D eigenvalue weighted by Gasteiger charge is 2.29. The highest BCUT2D eigenvalue weighted by atomic mass is 16.2. The maximum atomic E-state index is 11.5. The molecule has 1 aromatic carbocycles. The van der Waals surface area contributed by atoms with E-state index in [1.54, 1.807) is 4.90 Å². The number of hydrogen-bond acceptors (Lipinski definition) is 3. The van der Waals surface area contributed by atoms with Gasteiger partial charge in [-0.2, -0.15) is 5.26 Å². The third-order valence-corrected chi connectivity index (χ3v) is 3.84. The quantitative estimate of drug-likeness (QED) is 0.856. The number of para-hydroxylation sites is 1. The summed E-state index contributed by atoms with van der Waals surface area (Å²) in [6, 6.07) is 9.95. The van der Waals surface area contributed by atoms with Crippen molar-refractivity contribution in [2.75, 3.05) is 24.5 Å². The zero-order valence-corrected chi connectivity index (χ0v) is 11.3. The fourth-order valence-corrected chi connectivity index (χ4v) is 2.81. The summed E-state index contributed by atoms with van der Waals surface area (Å²) >= 11 is 0. The Morgan fingerprint density at radius 3 is 2.95 bits per heavy atom. The molecule has 1 aliphatic heterocycles. The molecule has 1 unspecified atom stereocenters. The fourth-order valence-electron chi connectivity index (χ4n) is 2.81. The molecule has 1 aromatic heterocycles. The zero-order valence-electron chi connectivity index (χ0n) is 11.3. The first-order valence-electron chi connectivity index (χ1n) is 6.68. The largest absolute Gasteiger partial charge is 0.365 e. The van der Waals surface area contributed by atoms with E-state index in [-0.39, 0.29) is 11.9 Å². The van der Waals surface area contributed by atoms with Gasteiger partial charge >= 0.3 is 0 Å². The fraction of sp³-hybridized carbons (Fsp3) is 0.333. The van der Waals surface area contributed by atoms with Gasteiger partial charge < -0.3 is 14.8 Å². The van der Waals surface area contributed by atoms with Crippen LogP contribution in [0.4, 0.5) is 5.69 Å². The average Bonchev–Trinajstić information content (AvgIpc) is 2.90. The Labute approximate surface area is 117 Å². The van der Waals surface area contributed by atoms with Gasteiger partial charge in [-0.3, -0.25) is 4.79 Å². The maximum Gasteiger partial charge on any atom is 0.220 e. The molecule has 0 bridgehead atoms. The normalized spacial score (nSPS) is 19.1. The molecule has 102 valence electrons. The predicted molar refractivity (Wildman–Crippen MR) is 77.3 cm³/mol. The van der Waals surface area contributed by atoms with Gasteiger partial charge in [0, 0.05) is 37.1 Å². The molecule has 5 heteroatoms. The number of carbonyl (C=O) groups excluding carboxylic acids is 1. The molecule has 0 saturated carbocycles. The van der Waals surface area contributed by atoms with E-state index < -0.39 is 0 Å². The number of rotatable bonds is 1. The number of aromatic nitrogens is 1. The van der Waals surface area contributed by atoms with E-state index in [2.05, 4.69) is 22.0 Å². The molecule has 1 saturated heterocycles. The lowest BCUT2D eigenvalue weighted by atomic mass is 10.1. The Morgan fingerprint density at radius 2 is 2.20 bits per heavy atom. The van der Waals surface area contributed by atoms with Crippen LogP contribution in [0, 0.1) is 11.3 Å². The smallest absolute Gasteiger partial charge is 0.220 e. The lowest BCUT2D eigenvalue weighted by molar-refractivity contribution is -0.130. The zero-order chi connectivity index (χ0) is 14.1. The van der Waals surface area contributed by atoms with E-state index in [0.717, 1.165) is 23.1 Å². The van der Waals surface area contributed by atoms with Crippen molar-refractivity contribution in [3.05, 3.63) is 30.5 Å².